The Morgan fingerprint density at radius 3 is 1.81 bits per heavy atom. The first-order valence-electron chi connectivity index (χ1n) is 14.2. The summed E-state index contributed by atoms with van der Waals surface area (Å²) in [5.74, 6) is -0.283. The average Bonchev–Trinajstić information content (AvgIpc) is 3.44. The van der Waals surface area contributed by atoms with E-state index in [2.05, 4.69) is 59.6 Å². The van der Waals surface area contributed by atoms with Crippen LogP contribution in [-0.4, -0.2) is 28.5 Å². The van der Waals surface area contributed by atoms with Gasteiger partial charge in [0.25, 0.3) is 0 Å². The molecule has 0 fully saturated rings. The summed E-state index contributed by atoms with van der Waals surface area (Å²) in [5.41, 5.74) is 11.3. The quantitative estimate of drug-likeness (QED) is 0.304. The van der Waals surface area contributed by atoms with Crippen LogP contribution in [0.2, 0.25) is 0 Å². The summed E-state index contributed by atoms with van der Waals surface area (Å²) in [6, 6.07) is 39.2. The van der Waals surface area contributed by atoms with Crippen LogP contribution < -0.4 is 16.5 Å². The van der Waals surface area contributed by atoms with Crippen LogP contribution in [0.25, 0.3) is 66.6 Å². The predicted molar refractivity (Wildman–Crippen MR) is 182 cm³/mol. The van der Waals surface area contributed by atoms with Gasteiger partial charge in [0.2, 0.25) is 0 Å². The fourth-order valence-electron chi connectivity index (χ4n) is 5.92. The molecule has 2 heterocycles. The molecule has 0 N–H and O–H groups in total. The van der Waals surface area contributed by atoms with Gasteiger partial charge >= 0.3 is 0 Å². The van der Waals surface area contributed by atoms with Crippen LogP contribution in [0.1, 0.15) is 5.56 Å². The van der Waals surface area contributed by atoms with Gasteiger partial charge in [-0.2, -0.15) is 5.26 Å². The molecule has 2 aromatic heterocycles. The lowest BCUT2D eigenvalue weighted by molar-refractivity contribution is 0.641. The Balaban J connectivity index is 1.34. The van der Waals surface area contributed by atoms with Gasteiger partial charge in [-0.25, -0.2) is 4.39 Å². The van der Waals surface area contributed by atoms with Crippen LogP contribution in [0.5, 0.6) is 0 Å². The number of halogens is 1. The number of benzene rings is 5. The van der Waals surface area contributed by atoms with Crippen LogP contribution >= 0.6 is 0 Å². The number of nitriles is 1. The number of hydrogen-bond acceptors (Lipinski definition) is 3. The third-order valence-corrected chi connectivity index (χ3v) is 8.39. The lowest BCUT2D eigenvalue weighted by Gasteiger charge is -2.12. The van der Waals surface area contributed by atoms with Crippen molar-refractivity contribution in [2.24, 2.45) is 0 Å². The number of rotatable bonds is 4. The Hall–Kier alpha value is -5.34. The fraction of sp³-hybridized carbons (Fsp3) is 0. The Morgan fingerprint density at radius 2 is 1.19 bits per heavy atom. The zero-order chi connectivity index (χ0) is 29.7. The second-order valence-electron chi connectivity index (χ2n) is 10.9. The number of fused-ring (bicyclic) bond motifs is 3. The van der Waals surface area contributed by atoms with Crippen molar-refractivity contribution in [3.8, 4) is 50.7 Å². The van der Waals surface area contributed by atoms with Gasteiger partial charge < -0.3 is 4.42 Å². The van der Waals surface area contributed by atoms with Gasteiger partial charge in [0, 0.05) is 27.5 Å². The minimum absolute atomic E-state index is 0.283. The van der Waals surface area contributed by atoms with Crippen LogP contribution in [0, 0.1) is 17.1 Å². The van der Waals surface area contributed by atoms with Crippen LogP contribution in [0.4, 0.5) is 4.39 Å². The molecule has 7 heteroatoms. The van der Waals surface area contributed by atoms with E-state index in [0.29, 0.717) is 33.5 Å². The molecule has 0 aliphatic carbocycles. The van der Waals surface area contributed by atoms with Crippen molar-refractivity contribution in [1.29, 1.82) is 5.26 Å². The summed E-state index contributed by atoms with van der Waals surface area (Å²) < 4.78 is 21.2. The van der Waals surface area contributed by atoms with Gasteiger partial charge in [0.1, 0.15) is 32.7 Å². The number of furan rings is 1. The highest BCUT2D eigenvalue weighted by atomic mass is 19.1. The summed E-state index contributed by atoms with van der Waals surface area (Å²) in [5, 5.41) is 11.9. The second-order valence-corrected chi connectivity index (χ2v) is 10.9. The van der Waals surface area contributed by atoms with Crippen LogP contribution in [-0.2, 0) is 0 Å². The van der Waals surface area contributed by atoms with Crippen molar-refractivity contribution in [2.45, 2.75) is 0 Å². The lowest BCUT2D eigenvalue weighted by atomic mass is 9.76. The summed E-state index contributed by atoms with van der Waals surface area (Å²) in [6.07, 6.45) is 0. The van der Waals surface area contributed by atoms with Crippen molar-refractivity contribution in [3.63, 3.8) is 0 Å². The molecule has 7 aromatic rings. The van der Waals surface area contributed by atoms with E-state index in [-0.39, 0.29) is 5.82 Å². The van der Waals surface area contributed by atoms with Crippen molar-refractivity contribution < 1.29 is 8.81 Å². The Morgan fingerprint density at radius 1 is 0.605 bits per heavy atom. The molecular weight excluding hydrogens is 528 g/mol. The second kappa shape index (κ2) is 10.5. The monoisotopic (exact) mass is 552 g/mol. The minimum Gasteiger partial charge on any atom is -0.455 e. The van der Waals surface area contributed by atoms with Gasteiger partial charge in [0.05, 0.1) is 17.3 Å². The number of hydrogen-bond donors (Lipinski definition) is 0. The summed E-state index contributed by atoms with van der Waals surface area (Å²) in [6.45, 7) is 0. The first-order chi connectivity index (χ1) is 20.9. The van der Waals surface area contributed by atoms with Gasteiger partial charge in [0.15, 0.2) is 7.85 Å². The molecule has 0 unspecified atom stereocenters. The van der Waals surface area contributed by atoms with E-state index in [1.165, 1.54) is 11.1 Å². The third kappa shape index (κ3) is 4.44. The molecule has 200 valence electrons. The van der Waals surface area contributed by atoms with Crippen LogP contribution in [0.15, 0.2) is 114 Å². The number of nitrogens with zero attached hydrogens (tertiary/aromatic N) is 2. The molecule has 0 saturated carbocycles. The molecule has 0 amide bonds. The maximum atomic E-state index is 14.6. The summed E-state index contributed by atoms with van der Waals surface area (Å²) >= 11 is 0. The Labute approximate surface area is 251 Å². The zero-order valence-electron chi connectivity index (χ0n) is 24.1. The first kappa shape index (κ1) is 26.6. The van der Waals surface area contributed by atoms with Crippen molar-refractivity contribution >= 4 is 62.0 Å². The fourth-order valence-corrected chi connectivity index (χ4v) is 5.92. The zero-order valence-corrected chi connectivity index (χ0v) is 24.1. The molecular formula is C36H24B3FN2O. The van der Waals surface area contributed by atoms with Gasteiger partial charge in [-0.3, -0.25) is 4.98 Å². The molecule has 3 nitrogen and oxygen atoms in total. The third-order valence-electron chi connectivity index (χ3n) is 8.39. The van der Waals surface area contributed by atoms with Crippen molar-refractivity contribution in [2.75, 3.05) is 0 Å². The molecule has 5 aromatic carbocycles. The van der Waals surface area contributed by atoms with E-state index < -0.39 is 0 Å². The normalized spacial score (nSPS) is 11.2. The molecule has 7 rings (SSSR count). The molecule has 0 saturated heterocycles. The molecule has 0 atom stereocenters. The minimum atomic E-state index is -0.283. The maximum Gasteiger partial charge on any atom is 0.167 e. The smallest absolute Gasteiger partial charge is 0.167 e. The maximum absolute atomic E-state index is 14.6. The number of pyridine rings is 1. The van der Waals surface area contributed by atoms with Gasteiger partial charge in [-0.15, -0.1) is 0 Å². The van der Waals surface area contributed by atoms with E-state index in [1.54, 1.807) is 15.7 Å². The number of para-hydroxylation sites is 1. The Kier molecular flexibility index (Phi) is 6.48. The molecule has 0 spiro atoms. The number of aromatic nitrogens is 1. The highest BCUT2D eigenvalue weighted by Crippen LogP contribution is 2.41. The van der Waals surface area contributed by atoms with E-state index >= 15 is 0 Å². The average molecular weight is 552 g/mol. The van der Waals surface area contributed by atoms with E-state index in [0.717, 1.165) is 44.1 Å². The molecule has 0 radical (unpaired) electrons. The van der Waals surface area contributed by atoms with E-state index in [1.807, 2.05) is 68.5 Å². The van der Waals surface area contributed by atoms with Gasteiger partial charge in [-0.1, -0.05) is 102 Å². The van der Waals surface area contributed by atoms with Crippen LogP contribution in [0.3, 0.4) is 0 Å². The largest absolute Gasteiger partial charge is 0.455 e. The molecule has 43 heavy (non-hydrogen) atoms. The highest BCUT2D eigenvalue weighted by Gasteiger charge is 2.21. The van der Waals surface area contributed by atoms with E-state index in [4.69, 9.17) is 4.42 Å². The lowest BCUT2D eigenvalue weighted by Crippen LogP contribution is -2.38. The standard InChI is InChI=1S/C36H24B3FN2O/c37-30-31(38)33(42-36(39)32(30)40)28-8-4-7-26-27-18-17-25(19-41)29(35(27)43-34(26)28)24-15-13-23(14-16-24)22-11-9-21(10-12-22)20-5-2-1-3-6-20/h1-18H,37-39H2. The predicted octanol–water partition coefficient (Wildman–Crippen LogP) is 4.43. The summed E-state index contributed by atoms with van der Waals surface area (Å²) in [7, 11) is 5.35. The molecule has 0 aliphatic rings. The topological polar surface area (TPSA) is 49.8 Å². The van der Waals surface area contributed by atoms with Crippen molar-refractivity contribution in [3.05, 3.63) is 121 Å². The SMILES string of the molecule is Bc1nc(-c2cccc3c2oc2c(-c4ccc(-c5ccc(-c6ccccc6)cc5)cc4)c(C#N)ccc23)c(B)c(B)c1F. The van der Waals surface area contributed by atoms with Crippen molar-refractivity contribution in [1.82, 2.24) is 4.98 Å². The molecule has 0 aliphatic heterocycles. The Bertz CT molecular complexity index is 2220. The van der Waals surface area contributed by atoms with E-state index in [9.17, 15) is 9.65 Å². The van der Waals surface area contributed by atoms with Gasteiger partial charge in [-0.05, 0) is 46.0 Å². The summed E-state index contributed by atoms with van der Waals surface area (Å²) in [4.78, 5) is 4.61. The molecule has 0 bridgehead atoms. The highest BCUT2D eigenvalue weighted by molar-refractivity contribution is 6.52. The first-order valence-corrected chi connectivity index (χ1v) is 14.2.